The molecule has 2 N–H and O–H groups in total. The van der Waals surface area contributed by atoms with Gasteiger partial charge >= 0.3 is 0 Å². The Hall–Kier alpha value is -1.39. The van der Waals surface area contributed by atoms with E-state index in [1.807, 2.05) is 36.2 Å². The van der Waals surface area contributed by atoms with Crippen LogP contribution in [0, 0.1) is 5.82 Å². The number of nitrogens with two attached hydrogens (primary N) is 1. The summed E-state index contributed by atoms with van der Waals surface area (Å²) in [5.41, 5.74) is 8.69. The third-order valence-electron chi connectivity index (χ3n) is 3.01. The molecule has 2 rings (SSSR count). The summed E-state index contributed by atoms with van der Waals surface area (Å²) in [5, 5.41) is 0. The molecule has 0 atom stereocenters. The highest BCUT2D eigenvalue weighted by molar-refractivity contribution is 9.10. The average Bonchev–Trinajstić information content (AvgIpc) is 2.41. The Morgan fingerprint density at radius 2 is 2.00 bits per heavy atom. The van der Waals surface area contributed by atoms with Crippen molar-refractivity contribution in [1.29, 1.82) is 0 Å². The van der Waals surface area contributed by atoms with Gasteiger partial charge in [-0.25, -0.2) is 4.39 Å². The maximum atomic E-state index is 13.2. The first-order valence-electron chi connectivity index (χ1n) is 6.04. The van der Waals surface area contributed by atoms with Gasteiger partial charge in [0.05, 0.1) is 0 Å². The minimum absolute atomic E-state index is 0.220. The Morgan fingerprint density at radius 1 is 1.21 bits per heavy atom. The summed E-state index contributed by atoms with van der Waals surface area (Å²) in [6, 6.07) is 12.7. The molecule has 100 valence electrons. The highest BCUT2D eigenvalue weighted by atomic mass is 79.9. The summed E-state index contributed by atoms with van der Waals surface area (Å²) >= 11 is 3.55. The number of hydrogen-bond acceptors (Lipinski definition) is 2. The summed E-state index contributed by atoms with van der Waals surface area (Å²) in [6.45, 7) is 1.23. The quantitative estimate of drug-likeness (QED) is 0.930. The van der Waals surface area contributed by atoms with Gasteiger partial charge in [0.1, 0.15) is 5.82 Å². The molecule has 0 aromatic heterocycles. The fourth-order valence-corrected chi connectivity index (χ4v) is 2.46. The zero-order valence-electron chi connectivity index (χ0n) is 10.7. The van der Waals surface area contributed by atoms with Crippen molar-refractivity contribution in [1.82, 2.24) is 0 Å². The molecule has 0 bridgehead atoms. The van der Waals surface area contributed by atoms with Crippen molar-refractivity contribution >= 4 is 21.6 Å². The molecule has 0 spiro atoms. The highest BCUT2D eigenvalue weighted by Gasteiger charge is 2.06. The Morgan fingerprint density at radius 3 is 2.63 bits per heavy atom. The molecule has 2 aromatic carbocycles. The van der Waals surface area contributed by atoms with Gasteiger partial charge in [-0.2, -0.15) is 0 Å². The molecule has 0 amide bonds. The van der Waals surface area contributed by atoms with Crippen LogP contribution in [0.5, 0.6) is 0 Å². The third-order valence-corrected chi connectivity index (χ3v) is 3.75. The lowest BCUT2D eigenvalue weighted by atomic mass is 10.1. The Balaban J connectivity index is 2.17. The summed E-state index contributed by atoms with van der Waals surface area (Å²) < 4.78 is 14.2. The number of nitrogens with zero attached hydrogens (tertiary/aromatic N) is 1. The average molecular weight is 323 g/mol. The van der Waals surface area contributed by atoms with Crippen molar-refractivity contribution in [2.24, 2.45) is 5.73 Å². The van der Waals surface area contributed by atoms with E-state index in [9.17, 15) is 4.39 Å². The molecule has 0 saturated carbocycles. The normalized spacial score (nSPS) is 10.5. The van der Waals surface area contributed by atoms with E-state index >= 15 is 0 Å². The van der Waals surface area contributed by atoms with Gasteiger partial charge in [-0.3, -0.25) is 0 Å². The van der Waals surface area contributed by atoms with Gasteiger partial charge in [-0.15, -0.1) is 0 Å². The molecule has 0 heterocycles. The third kappa shape index (κ3) is 3.55. The van der Waals surface area contributed by atoms with Gasteiger partial charge in [0.2, 0.25) is 0 Å². The lowest BCUT2D eigenvalue weighted by Crippen LogP contribution is -2.16. The zero-order chi connectivity index (χ0) is 13.8. The lowest BCUT2D eigenvalue weighted by Gasteiger charge is -2.20. The summed E-state index contributed by atoms with van der Waals surface area (Å²) in [6.07, 6.45) is 0. The van der Waals surface area contributed by atoms with Gasteiger partial charge in [-0.05, 0) is 35.4 Å². The van der Waals surface area contributed by atoms with Crippen LogP contribution in [0.3, 0.4) is 0 Å². The number of anilines is 1. The molecule has 0 radical (unpaired) electrons. The number of benzene rings is 2. The van der Waals surface area contributed by atoms with Crippen LogP contribution in [-0.2, 0) is 13.1 Å². The van der Waals surface area contributed by atoms with Gasteiger partial charge in [0, 0.05) is 30.3 Å². The molecule has 4 heteroatoms. The summed E-state index contributed by atoms with van der Waals surface area (Å²) in [4.78, 5) is 2.01. The van der Waals surface area contributed by atoms with Crippen LogP contribution in [0.15, 0.2) is 46.9 Å². The second kappa shape index (κ2) is 6.17. The van der Waals surface area contributed by atoms with Crippen molar-refractivity contribution in [3.05, 3.63) is 63.9 Å². The molecular weight excluding hydrogens is 307 g/mol. The number of rotatable bonds is 4. The van der Waals surface area contributed by atoms with Gasteiger partial charge in [0.25, 0.3) is 0 Å². The van der Waals surface area contributed by atoms with E-state index in [0.29, 0.717) is 13.1 Å². The van der Waals surface area contributed by atoms with Crippen LogP contribution in [0.1, 0.15) is 11.1 Å². The molecule has 0 unspecified atom stereocenters. The maximum Gasteiger partial charge on any atom is 0.125 e. The second-order valence-corrected chi connectivity index (χ2v) is 5.32. The van der Waals surface area contributed by atoms with Gasteiger partial charge < -0.3 is 10.6 Å². The Labute approximate surface area is 121 Å². The van der Waals surface area contributed by atoms with E-state index < -0.39 is 0 Å². The molecule has 2 aromatic rings. The van der Waals surface area contributed by atoms with E-state index in [2.05, 4.69) is 15.9 Å². The van der Waals surface area contributed by atoms with E-state index in [-0.39, 0.29) is 5.82 Å². The van der Waals surface area contributed by atoms with Crippen LogP contribution in [0.4, 0.5) is 10.1 Å². The first-order chi connectivity index (χ1) is 9.10. The second-order valence-electron chi connectivity index (χ2n) is 4.47. The summed E-state index contributed by atoms with van der Waals surface area (Å²) in [7, 11) is 1.94. The summed E-state index contributed by atoms with van der Waals surface area (Å²) in [5.74, 6) is -0.220. The fourth-order valence-electron chi connectivity index (χ4n) is 1.91. The minimum Gasteiger partial charge on any atom is -0.370 e. The van der Waals surface area contributed by atoms with Crippen molar-refractivity contribution in [3.63, 3.8) is 0 Å². The zero-order valence-corrected chi connectivity index (χ0v) is 12.3. The predicted molar refractivity (Wildman–Crippen MR) is 80.5 cm³/mol. The van der Waals surface area contributed by atoms with Gasteiger partial charge in [0.15, 0.2) is 0 Å². The Kier molecular flexibility index (Phi) is 4.56. The Bertz CT molecular complexity index is 572. The van der Waals surface area contributed by atoms with Crippen molar-refractivity contribution in [3.8, 4) is 0 Å². The predicted octanol–water partition coefficient (Wildman–Crippen LogP) is 3.68. The van der Waals surface area contributed by atoms with Crippen LogP contribution in [0.2, 0.25) is 0 Å². The smallest absolute Gasteiger partial charge is 0.125 e. The molecule has 0 aliphatic carbocycles. The minimum atomic E-state index is -0.220. The lowest BCUT2D eigenvalue weighted by molar-refractivity contribution is 0.627. The first kappa shape index (κ1) is 14.0. The number of halogens is 2. The maximum absolute atomic E-state index is 13.2. The standard InChI is InChI=1S/C15H16BrFN2/c1-19(14-4-2-3-13(17)8-14)10-12-6-5-11(9-18)7-15(12)16/h2-8H,9-10,18H2,1H3. The number of hydrogen-bond donors (Lipinski definition) is 1. The van der Waals surface area contributed by atoms with E-state index in [1.54, 1.807) is 6.07 Å². The van der Waals surface area contributed by atoms with E-state index in [0.717, 1.165) is 21.3 Å². The topological polar surface area (TPSA) is 29.3 Å². The van der Waals surface area contributed by atoms with E-state index in [4.69, 9.17) is 5.73 Å². The molecular formula is C15H16BrFN2. The van der Waals surface area contributed by atoms with Crippen molar-refractivity contribution in [2.75, 3.05) is 11.9 Å². The molecule has 0 aliphatic heterocycles. The van der Waals surface area contributed by atoms with Crippen LogP contribution in [-0.4, -0.2) is 7.05 Å². The van der Waals surface area contributed by atoms with E-state index in [1.165, 1.54) is 12.1 Å². The van der Waals surface area contributed by atoms with Crippen LogP contribution < -0.4 is 10.6 Å². The highest BCUT2D eigenvalue weighted by Crippen LogP contribution is 2.22. The molecule has 0 aliphatic rings. The molecule has 0 fully saturated rings. The molecule has 0 saturated heterocycles. The van der Waals surface area contributed by atoms with Gasteiger partial charge in [-0.1, -0.05) is 34.1 Å². The monoisotopic (exact) mass is 322 g/mol. The SMILES string of the molecule is CN(Cc1ccc(CN)cc1Br)c1cccc(F)c1. The van der Waals surface area contributed by atoms with Crippen molar-refractivity contribution < 1.29 is 4.39 Å². The first-order valence-corrected chi connectivity index (χ1v) is 6.83. The van der Waals surface area contributed by atoms with Crippen LogP contribution >= 0.6 is 15.9 Å². The van der Waals surface area contributed by atoms with Crippen LogP contribution in [0.25, 0.3) is 0 Å². The largest absolute Gasteiger partial charge is 0.370 e. The molecule has 19 heavy (non-hydrogen) atoms. The van der Waals surface area contributed by atoms with Crippen molar-refractivity contribution in [2.45, 2.75) is 13.1 Å². The fraction of sp³-hybridized carbons (Fsp3) is 0.200. The molecule has 2 nitrogen and oxygen atoms in total.